The summed E-state index contributed by atoms with van der Waals surface area (Å²) in [6.45, 7) is 10.0. The third-order valence-electron chi connectivity index (χ3n) is 4.70. The van der Waals surface area contributed by atoms with Crippen molar-refractivity contribution in [3.8, 4) is 0 Å². The Morgan fingerprint density at radius 2 is 1.76 bits per heavy atom. The van der Waals surface area contributed by atoms with Gasteiger partial charge in [0, 0.05) is 53.9 Å². The van der Waals surface area contributed by atoms with Crippen molar-refractivity contribution in [1.82, 2.24) is 0 Å². The smallest absolute Gasteiger partial charge is 0.212 e. The molecule has 0 amide bonds. The number of anilines is 2. The van der Waals surface area contributed by atoms with Crippen LogP contribution in [0, 0.1) is 0 Å². The van der Waals surface area contributed by atoms with Crippen molar-refractivity contribution in [2.24, 2.45) is 7.05 Å². The van der Waals surface area contributed by atoms with Crippen LogP contribution in [0.5, 0.6) is 0 Å². The topological polar surface area (TPSA) is 19.1 Å². The zero-order chi connectivity index (χ0) is 21.2. The van der Waals surface area contributed by atoms with E-state index >= 15 is 0 Å². The Balaban J connectivity index is 0.00000145. The van der Waals surface area contributed by atoms with E-state index < -0.39 is 0 Å². The summed E-state index contributed by atoms with van der Waals surface area (Å²) in [7, 11) is 4.03. The Hall–Kier alpha value is -3.33. The van der Waals surface area contributed by atoms with E-state index in [9.17, 15) is 0 Å². The highest BCUT2D eigenvalue weighted by Gasteiger charge is 2.09. The molecule has 0 fully saturated rings. The minimum Gasteiger partial charge on any atom is -0.388 e. The standard InChI is InChI=1S/C24H26N3.C2H6/c1-5-27(23-11-7-6-8-12-23)19(2)10-9-13-22-16-14-20-18-21(25-3)15-17-24(20)26(22)4;1-2/h5-18,25H,1H2,2-4H3;1-2H3/q+1;. The third-order valence-corrected chi connectivity index (χ3v) is 4.70. The molecule has 0 saturated heterocycles. The number of pyridine rings is 1. The molecule has 0 aliphatic heterocycles. The summed E-state index contributed by atoms with van der Waals surface area (Å²) < 4.78 is 2.21. The van der Waals surface area contributed by atoms with Crippen molar-refractivity contribution in [2.45, 2.75) is 20.8 Å². The molecular formula is C26H32N3+. The van der Waals surface area contributed by atoms with Gasteiger partial charge in [0.2, 0.25) is 11.2 Å². The van der Waals surface area contributed by atoms with Crippen molar-refractivity contribution in [3.63, 3.8) is 0 Å². The van der Waals surface area contributed by atoms with Gasteiger partial charge >= 0.3 is 0 Å². The number of fused-ring (bicyclic) bond motifs is 1. The SMILES string of the molecule is C=CN(/C(C)=C/C=C/c1ccc2cc(NC)ccc2[n+]1C)c1ccccc1.CC. The third kappa shape index (κ3) is 5.35. The fourth-order valence-electron chi connectivity index (χ4n) is 3.15. The second kappa shape index (κ2) is 10.9. The minimum atomic E-state index is 1.10. The Kier molecular flexibility index (Phi) is 8.23. The van der Waals surface area contributed by atoms with Gasteiger partial charge in [-0.25, -0.2) is 0 Å². The molecule has 3 aromatic rings. The molecule has 0 radical (unpaired) electrons. The molecule has 0 atom stereocenters. The van der Waals surface area contributed by atoms with Gasteiger partial charge in [0.05, 0.1) is 0 Å². The zero-order valence-corrected chi connectivity index (χ0v) is 18.2. The van der Waals surface area contributed by atoms with Gasteiger partial charge in [-0.3, -0.25) is 0 Å². The molecule has 0 aliphatic rings. The lowest BCUT2D eigenvalue weighted by Crippen LogP contribution is -2.32. The summed E-state index contributed by atoms with van der Waals surface area (Å²) in [5, 5.41) is 4.40. The van der Waals surface area contributed by atoms with Crippen LogP contribution in [0.15, 0.2) is 91.3 Å². The Morgan fingerprint density at radius 1 is 1.03 bits per heavy atom. The van der Waals surface area contributed by atoms with Crippen molar-refractivity contribution < 1.29 is 4.57 Å². The van der Waals surface area contributed by atoms with Crippen LogP contribution in [0.2, 0.25) is 0 Å². The number of aryl methyl sites for hydroxylation is 1. The maximum atomic E-state index is 3.94. The van der Waals surface area contributed by atoms with Crippen LogP contribution in [0.1, 0.15) is 26.5 Å². The number of rotatable bonds is 6. The molecule has 0 bridgehead atoms. The van der Waals surface area contributed by atoms with Gasteiger partial charge in [0.1, 0.15) is 7.05 Å². The average Bonchev–Trinajstić information content (AvgIpc) is 2.77. The van der Waals surface area contributed by atoms with E-state index in [4.69, 9.17) is 0 Å². The molecule has 0 spiro atoms. The van der Waals surface area contributed by atoms with E-state index in [1.165, 1.54) is 10.9 Å². The molecule has 1 heterocycles. The van der Waals surface area contributed by atoms with E-state index in [0.29, 0.717) is 0 Å². The normalized spacial score (nSPS) is 11.1. The highest BCUT2D eigenvalue weighted by Crippen LogP contribution is 2.19. The number of benzene rings is 2. The van der Waals surface area contributed by atoms with Crippen LogP contribution in [0.4, 0.5) is 11.4 Å². The molecule has 3 heteroatoms. The van der Waals surface area contributed by atoms with Crippen LogP contribution in [-0.2, 0) is 7.05 Å². The van der Waals surface area contributed by atoms with Crippen molar-refractivity contribution in [1.29, 1.82) is 0 Å². The first kappa shape index (κ1) is 22.0. The Morgan fingerprint density at radius 3 is 2.41 bits per heavy atom. The van der Waals surface area contributed by atoms with Crippen molar-refractivity contribution >= 4 is 28.4 Å². The monoisotopic (exact) mass is 386 g/mol. The number of allylic oxidation sites excluding steroid dienone is 3. The maximum absolute atomic E-state index is 3.94. The van der Waals surface area contributed by atoms with E-state index in [2.05, 4.69) is 96.0 Å². The number of para-hydroxylation sites is 1. The summed E-state index contributed by atoms with van der Waals surface area (Å²) in [6, 6.07) is 20.9. The predicted molar refractivity (Wildman–Crippen MR) is 128 cm³/mol. The van der Waals surface area contributed by atoms with Gasteiger partial charge < -0.3 is 10.2 Å². The molecule has 3 nitrogen and oxygen atoms in total. The summed E-state index contributed by atoms with van der Waals surface area (Å²) >= 11 is 0. The Bertz CT molecular complexity index is 1000. The molecular weight excluding hydrogens is 354 g/mol. The van der Waals surface area contributed by atoms with E-state index in [-0.39, 0.29) is 0 Å². The van der Waals surface area contributed by atoms with E-state index in [1.54, 1.807) is 0 Å². The number of hydrogen-bond donors (Lipinski definition) is 1. The summed E-state index contributed by atoms with van der Waals surface area (Å²) in [4.78, 5) is 2.07. The lowest BCUT2D eigenvalue weighted by atomic mass is 10.1. The maximum Gasteiger partial charge on any atom is 0.212 e. The van der Waals surface area contributed by atoms with E-state index in [0.717, 1.165) is 22.8 Å². The second-order valence-corrected chi connectivity index (χ2v) is 6.40. The average molecular weight is 387 g/mol. The quantitative estimate of drug-likeness (QED) is 0.396. The van der Waals surface area contributed by atoms with Crippen LogP contribution in [0.3, 0.4) is 0 Å². The highest BCUT2D eigenvalue weighted by molar-refractivity contribution is 5.80. The van der Waals surface area contributed by atoms with Gasteiger partial charge in [-0.05, 0) is 43.3 Å². The fourth-order valence-corrected chi connectivity index (χ4v) is 3.15. The highest BCUT2D eigenvalue weighted by atomic mass is 15.1. The van der Waals surface area contributed by atoms with Gasteiger partial charge in [-0.1, -0.05) is 44.7 Å². The van der Waals surface area contributed by atoms with Gasteiger partial charge in [0.15, 0.2) is 0 Å². The van der Waals surface area contributed by atoms with Crippen LogP contribution < -0.4 is 14.8 Å². The Labute approximate surface area is 175 Å². The molecule has 0 unspecified atom stereocenters. The summed E-state index contributed by atoms with van der Waals surface area (Å²) in [5.41, 5.74) is 5.68. The van der Waals surface area contributed by atoms with Crippen LogP contribution in [-0.4, -0.2) is 7.05 Å². The molecule has 1 N–H and O–H groups in total. The number of nitrogens with zero attached hydrogens (tertiary/aromatic N) is 2. The van der Waals surface area contributed by atoms with Gasteiger partial charge in [-0.2, -0.15) is 4.57 Å². The van der Waals surface area contributed by atoms with Gasteiger partial charge in [-0.15, -0.1) is 0 Å². The van der Waals surface area contributed by atoms with Crippen LogP contribution >= 0.6 is 0 Å². The molecule has 29 heavy (non-hydrogen) atoms. The first-order valence-electron chi connectivity index (χ1n) is 10.1. The summed E-state index contributed by atoms with van der Waals surface area (Å²) in [5.74, 6) is 0. The lowest BCUT2D eigenvalue weighted by molar-refractivity contribution is -0.646. The number of aromatic nitrogens is 1. The summed E-state index contributed by atoms with van der Waals surface area (Å²) in [6.07, 6.45) is 8.15. The number of hydrogen-bond acceptors (Lipinski definition) is 2. The first-order valence-corrected chi connectivity index (χ1v) is 10.1. The minimum absolute atomic E-state index is 1.10. The molecule has 2 aromatic carbocycles. The zero-order valence-electron chi connectivity index (χ0n) is 18.2. The van der Waals surface area contributed by atoms with Gasteiger partial charge in [0.25, 0.3) is 0 Å². The fraction of sp³-hybridized carbons (Fsp3) is 0.192. The molecule has 150 valence electrons. The lowest BCUT2D eigenvalue weighted by Gasteiger charge is -2.20. The molecule has 3 rings (SSSR count). The molecule has 0 aliphatic carbocycles. The van der Waals surface area contributed by atoms with E-state index in [1.807, 2.05) is 45.3 Å². The van der Waals surface area contributed by atoms with Crippen molar-refractivity contribution in [3.05, 3.63) is 97.0 Å². The second-order valence-electron chi connectivity index (χ2n) is 6.40. The molecule has 0 saturated carbocycles. The first-order chi connectivity index (χ1) is 14.1. The number of nitrogens with one attached hydrogen (secondary N) is 1. The predicted octanol–water partition coefficient (Wildman–Crippen LogP) is 6.30. The van der Waals surface area contributed by atoms with Crippen LogP contribution in [0.25, 0.3) is 17.0 Å². The largest absolute Gasteiger partial charge is 0.388 e. The molecule has 1 aromatic heterocycles. The van der Waals surface area contributed by atoms with Crippen molar-refractivity contribution in [2.75, 3.05) is 17.3 Å².